The molecule has 4 nitrogen and oxygen atoms in total. The van der Waals surface area contributed by atoms with Gasteiger partial charge < -0.3 is 9.80 Å². The van der Waals surface area contributed by atoms with E-state index in [1.807, 2.05) is 23.1 Å². The molecular formula is C18H28ClN3O. The molecular weight excluding hydrogens is 310 g/mol. The summed E-state index contributed by atoms with van der Waals surface area (Å²) < 4.78 is 0. The number of carbonyl (C=O) groups is 1. The molecule has 1 heterocycles. The molecule has 1 aromatic rings. The van der Waals surface area contributed by atoms with E-state index in [-0.39, 0.29) is 5.91 Å². The van der Waals surface area contributed by atoms with E-state index in [9.17, 15) is 4.79 Å². The predicted octanol–water partition coefficient (Wildman–Crippen LogP) is 3.11. The van der Waals surface area contributed by atoms with Crippen molar-refractivity contribution < 1.29 is 4.79 Å². The van der Waals surface area contributed by atoms with E-state index < -0.39 is 0 Å². The summed E-state index contributed by atoms with van der Waals surface area (Å²) in [6, 6.07) is 7.99. The van der Waals surface area contributed by atoms with Crippen molar-refractivity contribution in [3.8, 4) is 0 Å². The van der Waals surface area contributed by atoms with Crippen molar-refractivity contribution in [2.24, 2.45) is 0 Å². The zero-order valence-electron chi connectivity index (χ0n) is 14.3. The number of rotatable bonds is 7. The average Bonchev–Trinajstić information content (AvgIpc) is 2.55. The third kappa shape index (κ3) is 5.40. The van der Waals surface area contributed by atoms with E-state index in [1.165, 1.54) is 5.69 Å². The molecule has 0 N–H and O–H groups in total. The van der Waals surface area contributed by atoms with Crippen molar-refractivity contribution in [1.29, 1.82) is 0 Å². The normalized spacial score (nSPS) is 15.7. The Labute approximate surface area is 145 Å². The summed E-state index contributed by atoms with van der Waals surface area (Å²) in [4.78, 5) is 19.0. The Morgan fingerprint density at radius 1 is 1.13 bits per heavy atom. The summed E-state index contributed by atoms with van der Waals surface area (Å²) in [5.74, 6) is 0.268. The minimum Gasteiger partial charge on any atom is -0.369 e. The lowest BCUT2D eigenvalue weighted by Crippen LogP contribution is -2.50. The fourth-order valence-electron chi connectivity index (χ4n) is 3.03. The van der Waals surface area contributed by atoms with Gasteiger partial charge in [0.1, 0.15) is 0 Å². The van der Waals surface area contributed by atoms with Crippen LogP contribution in [0.5, 0.6) is 0 Å². The number of hydrogen-bond acceptors (Lipinski definition) is 3. The topological polar surface area (TPSA) is 26.8 Å². The number of anilines is 1. The first-order valence-corrected chi connectivity index (χ1v) is 9.02. The molecule has 1 amide bonds. The Kier molecular flexibility index (Phi) is 7.18. The highest BCUT2D eigenvalue weighted by Crippen LogP contribution is 2.20. The first-order chi connectivity index (χ1) is 11.1. The van der Waals surface area contributed by atoms with Crippen LogP contribution in [0, 0.1) is 0 Å². The molecule has 2 rings (SSSR count). The maximum absolute atomic E-state index is 12.4. The third-order valence-electron chi connectivity index (χ3n) is 4.24. The molecule has 0 unspecified atom stereocenters. The van der Waals surface area contributed by atoms with Crippen molar-refractivity contribution in [3.63, 3.8) is 0 Å². The van der Waals surface area contributed by atoms with Crippen molar-refractivity contribution in [2.75, 3.05) is 50.7 Å². The van der Waals surface area contributed by atoms with Crippen molar-refractivity contribution in [1.82, 2.24) is 9.80 Å². The molecule has 1 fully saturated rings. The van der Waals surface area contributed by atoms with Gasteiger partial charge in [-0.15, -0.1) is 0 Å². The zero-order chi connectivity index (χ0) is 16.7. The van der Waals surface area contributed by atoms with E-state index in [1.54, 1.807) is 0 Å². The van der Waals surface area contributed by atoms with Crippen LogP contribution < -0.4 is 4.90 Å². The number of nitrogens with zero attached hydrogens (tertiary/aromatic N) is 3. The van der Waals surface area contributed by atoms with Crippen LogP contribution in [-0.4, -0.2) is 61.5 Å². The molecule has 0 aromatic heterocycles. The lowest BCUT2D eigenvalue weighted by Gasteiger charge is -2.36. The first-order valence-electron chi connectivity index (χ1n) is 8.64. The van der Waals surface area contributed by atoms with Crippen LogP contribution in [0.4, 0.5) is 5.69 Å². The monoisotopic (exact) mass is 337 g/mol. The van der Waals surface area contributed by atoms with Gasteiger partial charge in [-0.05, 0) is 31.0 Å². The molecule has 128 valence electrons. The van der Waals surface area contributed by atoms with Crippen LogP contribution in [0.25, 0.3) is 0 Å². The number of halogens is 1. The van der Waals surface area contributed by atoms with Gasteiger partial charge in [-0.2, -0.15) is 0 Å². The van der Waals surface area contributed by atoms with Crippen LogP contribution in [0.15, 0.2) is 24.3 Å². The second-order valence-corrected chi connectivity index (χ2v) is 6.56. The third-order valence-corrected chi connectivity index (χ3v) is 4.48. The summed E-state index contributed by atoms with van der Waals surface area (Å²) in [5, 5.41) is 0.773. The lowest BCUT2D eigenvalue weighted by molar-refractivity contribution is -0.132. The highest BCUT2D eigenvalue weighted by Gasteiger charge is 2.21. The van der Waals surface area contributed by atoms with Crippen molar-refractivity contribution in [2.45, 2.75) is 26.7 Å². The second-order valence-electron chi connectivity index (χ2n) is 6.12. The molecule has 0 atom stereocenters. The van der Waals surface area contributed by atoms with Gasteiger partial charge >= 0.3 is 0 Å². The number of amides is 1. The van der Waals surface area contributed by atoms with Gasteiger partial charge in [0.25, 0.3) is 0 Å². The van der Waals surface area contributed by atoms with Crippen LogP contribution in [-0.2, 0) is 4.79 Å². The van der Waals surface area contributed by atoms with Crippen molar-refractivity contribution in [3.05, 3.63) is 29.3 Å². The Morgan fingerprint density at radius 2 is 1.78 bits per heavy atom. The van der Waals surface area contributed by atoms with E-state index in [4.69, 9.17) is 11.6 Å². The second kappa shape index (κ2) is 9.14. The highest BCUT2D eigenvalue weighted by molar-refractivity contribution is 6.30. The summed E-state index contributed by atoms with van der Waals surface area (Å²) in [7, 11) is 0. The summed E-state index contributed by atoms with van der Waals surface area (Å²) in [5.41, 5.74) is 1.17. The van der Waals surface area contributed by atoms with Gasteiger partial charge in [-0.3, -0.25) is 9.69 Å². The predicted molar refractivity (Wildman–Crippen MR) is 97.3 cm³/mol. The molecule has 5 heteroatoms. The standard InChI is InChI=1S/C18H28ClN3O/c1-3-8-22(9-4-2)18(23)15-20-10-12-21(13-11-20)17-7-5-6-16(19)14-17/h5-7,14H,3-4,8-13,15H2,1-2H3. The minimum atomic E-state index is 0.268. The summed E-state index contributed by atoms with van der Waals surface area (Å²) >= 11 is 6.07. The Hall–Kier alpha value is -1.26. The van der Waals surface area contributed by atoms with E-state index >= 15 is 0 Å². The number of benzene rings is 1. The van der Waals surface area contributed by atoms with E-state index in [0.717, 1.165) is 57.1 Å². The first kappa shape index (κ1) is 18.1. The highest BCUT2D eigenvalue weighted by atomic mass is 35.5. The molecule has 1 aliphatic rings. The maximum Gasteiger partial charge on any atom is 0.236 e. The molecule has 0 saturated carbocycles. The smallest absolute Gasteiger partial charge is 0.236 e. The maximum atomic E-state index is 12.4. The van der Waals surface area contributed by atoms with Gasteiger partial charge in [0.05, 0.1) is 6.54 Å². The number of carbonyl (C=O) groups excluding carboxylic acids is 1. The quantitative estimate of drug-likeness (QED) is 0.765. The van der Waals surface area contributed by atoms with Crippen LogP contribution in [0.1, 0.15) is 26.7 Å². The van der Waals surface area contributed by atoms with Gasteiger partial charge in [0, 0.05) is 50.0 Å². The molecule has 0 aliphatic carbocycles. The van der Waals surface area contributed by atoms with Crippen LogP contribution >= 0.6 is 11.6 Å². The fourth-order valence-corrected chi connectivity index (χ4v) is 3.21. The van der Waals surface area contributed by atoms with E-state index in [0.29, 0.717) is 6.54 Å². The summed E-state index contributed by atoms with van der Waals surface area (Å²) in [6.45, 7) is 10.3. The number of piperazine rings is 1. The van der Waals surface area contributed by atoms with Crippen LogP contribution in [0.3, 0.4) is 0 Å². The van der Waals surface area contributed by atoms with Gasteiger partial charge in [-0.25, -0.2) is 0 Å². The zero-order valence-corrected chi connectivity index (χ0v) is 15.1. The van der Waals surface area contributed by atoms with Gasteiger partial charge in [0.2, 0.25) is 5.91 Å². The molecule has 23 heavy (non-hydrogen) atoms. The van der Waals surface area contributed by atoms with Gasteiger partial charge in [-0.1, -0.05) is 31.5 Å². The van der Waals surface area contributed by atoms with Crippen LogP contribution in [0.2, 0.25) is 5.02 Å². The largest absolute Gasteiger partial charge is 0.369 e. The van der Waals surface area contributed by atoms with Gasteiger partial charge in [0.15, 0.2) is 0 Å². The molecule has 1 saturated heterocycles. The molecule has 0 radical (unpaired) electrons. The SMILES string of the molecule is CCCN(CCC)C(=O)CN1CCN(c2cccc(Cl)c2)CC1. The number of hydrogen-bond donors (Lipinski definition) is 0. The lowest BCUT2D eigenvalue weighted by atomic mass is 10.2. The molecule has 1 aromatic carbocycles. The fraction of sp³-hybridized carbons (Fsp3) is 0.611. The Balaban J connectivity index is 1.83. The summed E-state index contributed by atoms with van der Waals surface area (Å²) in [6.07, 6.45) is 2.04. The average molecular weight is 338 g/mol. The minimum absolute atomic E-state index is 0.268. The Morgan fingerprint density at radius 3 is 2.35 bits per heavy atom. The molecule has 0 spiro atoms. The Bertz CT molecular complexity index is 495. The van der Waals surface area contributed by atoms with Crippen molar-refractivity contribution >= 4 is 23.2 Å². The molecule has 1 aliphatic heterocycles. The molecule has 0 bridgehead atoms. The van der Waals surface area contributed by atoms with E-state index in [2.05, 4.69) is 29.7 Å².